The number of anilines is 2. The average molecular weight is 293 g/mol. The van der Waals surface area contributed by atoms with Crippen LogP contribution in [0.2, 0.25) is 5.02 Å². The fourth-order valence-corrected chi connectivity index (χ4v) is 2.43. The molecular weight excluding hydrogens is 275 g/mol. The Morgan fingerprint density at radius 1 is 1.20 bits per heavy atom. The van der Waals surface area contributed by atoms with Gasteiger partial charge in [-0.05, 0) is 55.8 Å². The van der Waals surface area contributed by atoms with E-state index in [-0.39, 0.29) is 11.9 Å². The van der Waals surface area contributed by atoms with E-state index in [1.165, 1.54) is 12.1 Å². The molecule has 2 aromatic rings. The molecule has 0 fully saturated rings. The summed E-state index contributed by atoms with van der Waals surface area (Å²) in [7, 11) is 0. The van der Waals surface area contributed by atoms with Gasteiger partial charge in [0.05, 0.1) is 10.7 Å². The molecule has 0 unspecified atom stereocenters. The third-order valence-electron chi connectivity index (χ3n) is 3.24. The predicted molar refractivity (Wildman–Crippen MR) is 83.1 cm³/mol. The molecule has 2 nitrogen and oxygen atoms in total. The molecule has 0 saturated carbocycles. The van der Waals surface area contributed by atoms with Gasteiger partial charge in [0, 0.05) is 18.3 Å². The van der Waals surface area contributed by atoms with Gasteiger partial charge in [0.25, 0.3) is 0 Å². The summed E-state index contributed by atoms with van der Waals surface area (Å²) in [5.74, 6) is -0.247. The summed E-state index contributed by atoms with van der Waals surface area (Å²) in [5, 5.41) is 0.644. The molecule has 0 heterocycles. The zero-order valence-electron chi connectivity index (χ0n) is 11.6. The van der Waals surface area contributed by atoms with Crippen LogP contribution in [0.5, 0.6) is 0 Å². The van der Waals surface area contributed by atoms with Gasteiger partial charge in [-0.25, -0.2) is 4.39 Å². The van der Waals surface area contributed by atoms with Crippen molar-refractivity contribution in [1.82, 2.24) is 0 Å². The van der Waals surface area contributed by atoms with Crippen LogP contribution in [-0.2, 0) is 0 Å². The lowest BCUT2D eigenvalue weighted by Gasteiger charge is -2.25. The highest BCUT2D eigenvalue weighted by molar-refractivity contribution is 6.33. The highest BCUT2D eigenvalue weighted by Gasteiger charge is 2.12. The fourth-order valence-electron chi connectivity index (χ4n) is 2.14. The molecule has 2 N–H and O–H groups in total. The molecule has 0 aromatic heterocycles. The van der Waals surface area contributed by atoms with Gasteiger partial charge in [-0.2, -0.15) is 0 Å². The van der Waals surface area contributed by atoms with Crippen molar-refractivity contribution < 1.29 is 4.39 Å². The normalized spacial score (nSPS) is 12.2. The summed E-state index contributed by atoms with van der Waals surface area (Å²) in [5.41, 5.74) is 8.65. The molecule has 0 saturated heterocycles. The lowest BCUT2D eigenvalue weighted by atomic mass is 10.1. The summed E-state index contributed by atoms with van der Waals surface area (Å²) < 4.78 is 13.0. The molecule has 0 amide bonds. The molecule has 4 heteroatoms. The van der Waals surface area contributed by atoms with Gasteiger partial charge in [-0.15, -0.1) is 0 Å². The van der Waals surface area contributed by atoms with E-state index in [2.05, 4.69) is 0 Å². The largest absolute Gasteiger partial charge is 0.341 e. The van der Waals surface area contributed by atoms with Crippen molar-refractivity contribution in [1.29, 1.82) is 0 Å². The van der Waals surface area contributed by atoms with Gasteiger partial charge < -0.3 is 10.6 Å². The number of hydrogen-bond donors (Lipinski definition) is 1. The molecule has 2 rings (SSSR count). The Kier molecular flexibility index (Phi) is 4.63. The lowest BCUT2D eigenvalue weighted by molar-refractivity contribution is 0.628. The van der Waals surface area contributed by atoms with Gasteiger partial charge in [-0.3, -0.25) is 0 Å². The molecule has 0 aliphatic rings. The number of nitrogens with zero attached hydrogens (tertiary/aromatic N) is 1. The van der Waals surface area contributed by atoms with Crippen molar-refractivity contribution in [3.05, 3.63) is 58.9 Å². The van der Waals surface area contributed by atoms with Crippen LogP contribution < -0.4 is 10.6 Å². The Morgan fingerprint density at radius 2 is 1.85 bits per heavy atom. The summed E-state index contributed by atoms with van der Waals surface area (Å²) in [6.07, 6.45) is 0. The number of rotatable bonds is 4. The van der Waals surface area contributed by atoms with E-state index >= 15 is 0 Å². The van der Waals surface area contributed by atoms with Crippen LogP contribution in [0.1, 0.15) is 25.5 Å². The molecule has 0 radical (unpaired) electrons. The number of halogens is 2. The van der Waals surface area contributed by atoms with Crippen molar-refractivity contribution in [3.8, 4) is 0 Å². The summed E-state index contributed by atoms with van der Waals surface area (Å²) in [6.45, 7) is 4.69. The summed E-state index contributed by atoms with van der Waals surface area (Å²) in [4.78, 5) is 2.03. The van der Waals surface area contributed by atoms with E-state index in [0.717, 1.165) is 23.5 Å². The zero-order chi connectivity index (χ0) is 14.7. The third-order valence-corrected chi connectivity index (χ3v) is 3.55. The summed E-state index contributed by atoms with van der Waals surface area (Å²) in [6, 6.07) is 12.1. The Labute approximate surface area is 124 Å². The molecular formula is C16H18ClFN2. The van der Waals surface area contributed by atoms with Crippen LogP contribution >= 0.6 is 11.6 Å². The molecule has 1 atom stereocenters. The number of hydrogen-bond acceptors (Lipinski definition) is 2. The van der Waals surface area contributed by atoms with Crippen LogP contribution in [0.25, 0.3) is 0 Å². The highest BCUT2D eigenvalue weighted by atomic mass is 35.5. The van der Waals surface area contributed by atoms with Crippen LogP contribution in [0, 0.1) is 5.82 Å². The Hall–Kier alpha value is -1.58. The lowest BCUT2D eigenvalue weighted by Crippen LogP contribution is -2.16. The predicted octanol–water partition coefficient (Wildman–Crippen LogP) is 4.66. The molecule has 0 aliphatic heterocycles. The second kappa shape index (κ2) is 6.25. The molecule has 20 heavy (non-hydrogen) atoms. The Bertz CT molecular complexity index is 582. The molecule has 0 spiro atoms. The first-order chi connectivity index (χ1) is 9.52. The molecule has 2 aromatic carbocycles. The number of nitrogens with two attached hydrogens (primary N) is 1. The Balaban J connectivity index is 2.39. The van der Waals surface area contributed by atoms with Crippen molar-refractivity contribution >= 4 is 23.0 Å². The first kappa shape index (κ1) is 14.8. The van der Waals surface area contributed by atoms with Crippen molar-refractivity contribution in [2.75, 3.05) is 11.4 Å². The minimum absolute atomic E-state index is 0.0533. The van der Waals surface area contributed by atoms with E-state index in [1.807, 2.05) is 36.9 Å². The SMILES string of the molecule is CCN(c1ccc(F)cc1)c1ccc([C@@H](C)N)cc1Cl. The Morgan fingerprint density at radius 3 is 2.35 bits per heavy atom. The zero-order valence-corrected chi connectivity index (χ0v) is 12.4. The van der Waals surface area contributed by atoms with Crippen molar-refractivity contribution in [2.24, 2.45) is 5.73 Å². The average Bonchev–Trinajstić information content (AvgIpc) is 2.43. The maximum absolute atomic E-state index is 13.0. The third kappa shape index (κ3) is 3.11. The molecule has 106 valence electrons. The van der Waals surface area contributed by atoms with Crippen molar-refractivity contribution in [2.45, 2.75) is 19.9 Å². The minimum atomic E-state index is -0.247. The fraction of sp³-hybridized carbons (Fsp3) is 0.250. The highest BCUT2D eigenvalue weighted by Crippen LogP contribution is 2.33. The first-order valence-electron chi connectivity index (χ1n) is 6.61. The van der Waals surface area contributed by atoms with Crippen LogP contribution in [0.15, 0.2) is 42.5 Å². The second-order valence-electron chi connectivity index (χ2n) is 4.72. The van der Waals surface area contributed by atoms with E-state index in [9.17, 15) is 4.39 Å². The van der Waals surface area contributed by atoms with E-state index in [0.29, 0.717) is 5.02 Å². The van der Waals surface area contributed by atoms with Gasteiger partial charge in [0.15, 0.2) is 0 Å². The topological polar surface area (TPSA) is 29.3 Å². The van der Waals surface area contributed by atoms with E-state index < -0.39 is 0 Å². The molecule has 0 aliphatic carbocycles. The number of benzene rings is 2. The van der Waals surface area contributed by atoms with Crippen molar-refractivity contribution in [3.63, 3.8) is 0 Å². The maximum atomic E-state index is 13.0. The van der Waals surface area contributed by atoms with E-state index in [4.69, 9.17) is 17.3 Å². The van der Waals surface area contributed by atoms with Gasteiger partial charge >= 0.3 is 0 Å². The van der Waals surface area contributed by atoms with Gasteiger partial charge in [0.1, 0.15) is 5.82 Å². The smallest absolute Gasteiger partial charge is 0.123 e. The molecule has 0 bridgehead atoms. The van der Waals surface area contributed by atoms with Crippen LogP contribution in [0.3, 0.4) is 0 Å². The van der Waals surface area contributed by atoms with E-state index in [1.54, 1.807) is 12.1 Å². The quantitative estimate of drug-likeness (QED) is 0.888. The van der Waals surface area contributed by atoms with Gasteiger partial charge in [0.2, 0.25) is 0 Å². The first-order valence-corrected chi connectivity index (χ1v) is 6.99. The summed E-state index contributed by atoms with van der Waals surface area (Å²) >= 11 is 6.36. The second-order valence-corrected chi connectivity index (χ2v) is 5.13. The maximum Gasteiger partial charge on any atom is 0.123 e. The van der Waals surface area contributed by atoms with Crippen LogP contribution in [0.4, 0.5) is 15.8 Å². The van der Waals surface area contributed by atoms with Gasteiger partial charge in [-0.1, -0.05) is 17.7 Å². The minimum Gasteiger partial charge on any atom is -0.341 e. The van der Waals surface area contributed by atoms with Crippen LogP contribution in [-0.4, -0.2) is 6.54 Å². The monoisotopic (exact) mass is 292 g/mol. The standard InChI is InChI=1S/C16H18ClFN2/c1-3-20(14-7-5-13(18)6-8-14)16-9-4-12(11(2)19)10-15(16)17/h4-11H,3,19H2,1-2H3/t11-/m1/s1.